The van der Waals surface area contributed by atoms with Gasteiger partial charge in [0.15, 0.2) is 0 Å². The van der Waals surface area contributed by atoms with Gasteiger partial charge in [0.05, 0.1) is 5.56 Å². The minimum atomic E-state index is -4.87. The maximum atomic E-state index is 12.3. The van der Waals surface area contributed by atoms with Crippen LogP contribution in [0.5, 0.6) is 0 Å². The van der Waals surface area contributed by atoms with Crippen molar-refractivity contribution in [2.75, 3.05) is 6.61 Å². The van der Waals surface area contributed by atoms with Gasteiger partial charge in [0.2, 0.25) is 0 Å². The Balaban J connectivity index is 2.59. The summed E-state index contributed by atoms with van der Waals surface area (Å²) < 4.78 is 46.6. The highest BCUT2D eigenvalue weighted by atomic mass is 19.4. The van der Waals surface area contributed by atoms with Crippen molar-refractivity contribution in [3.63, 3.8) is 0 Å². The van der Waals surface area contributed by atoms with E-state index in [0.717, 1.165) is 0 Å². The molecule has 4 nitrogen and oxygen atoms in total. The van der Waals surface area contributed by atoms with E-state index in [0.29, 0.717) is 0 Å². The highest BCUT2D eigenvalue weighted by molar-refractivity contribution is 5.90. The lowest BCUT2D eigenvalue weighted by atomic mass is 10.1. The first-order valence-corrected chi connectivity index (χ1v) is 6.24. The molecule has 0 aliphatic heterocycles. The Hall–Kier alpha value is -2.31. The largest absolute Gasteiger partial charge is 0.458 e. The van der Waals surface area contributed by atoms with Gasteiger partial charge in [0, 0.05) is 0 Å². The van der Waals surface area contributed by atoms with Crippen molar-refractivity contribution in [3.05, 3.63) is 48.0 Å². The minimum absolute atomic E-state index is 0.282. The fourth-order valence-corrected chi connectivity index (χ4v) is 1.35. The number of hydrogen-bond acceptors (Lipinski definition) is 4. The molecule has 1 aromatic rings. The fourth-order valence-electron chi connectivity index (χ4n) is 1.35. The molecule has 0 aliphatic carbocycles. The van der Waals surface area contributed by atoms with Gasteiger partial charge in [-0.15, -0.1) is 0 Å². The summed E-state index contributed by atoms with van der Waals surface area (Å²) in [6.45, 7) is 4.91. The van der Waals surface area contributed by atoms with Crippen LogP contribution >= 0.6 is 0 Å². The third kappa shape index (κ3) is 5.23. The normalized spacial score (nSPS) is 11.7. The average molecular weight is 316 g/mol. The molecule has 0 heterocycles. The van der Waals surface area contributed by atoms with Crippen molar-refractivity contribution < 1.29 is 32.2 Å². The fraction of sp³-hybridized carbons (Fsp3) is 0.333. The molecule has 0 unspecified atom stereocenters. The van der Waals surface area contributed by atoms with E-state index in [2.05, 4.69) is 11.3 Å². The Kier molecular flexibility index (Phi) is 5.35. The molecular weight excluding hydrogens is 301 g/mol. The van der Waals surface area contributed by atoms with E-state index in [1.165, 1.54) is 26.0 Å². The second-order valence-corrected chi connectivity index (χ2v) is 5.07. The third-order valence-corrected chi connectivity index (χ3v) is 2.52. The van der Waals surface area contributed by atoms with Gasteiger partial charge >= 0.3 is 18.1 Å². The second kappa shape index (κ2) is 6.64. The Morgan fingerprint density at radius 2 is 1.68 bits per heavy atom. The first-order chi connectivity index (χ1) is 10.0. The lowest BCUT2D eigenvalue weighted by molar-refractivity contribution is -0.165. The average Bonchev–Trinajstić information content (AvgIpc) is 2.43. The molecule has 0 amide bonds. The van der Waals surface area contributed by atoms with Crippen molar-refractivity contribution in [1.29, 1.82) is 0 Å². The van der Waals surface area contributed by atoms with Crippen LogP contribution < -0.4 is 0 Å². The molecule has 0 bridgehead atoms. The summed E-state index contributed by atoms with van der Waals surface area (Å²) in [5.41, 5.74) is -2.75. The maximum Gasteiger partial charge on any atom is 0.422 e. The van der Waals surface area contributed by atoms with Gasteiger partial charge in [-0.25, -0.2) is 9.59 Å². The summed E-state index contributed by atoms with van der Waals surface area (Å²) in [5, 5.41) is 0. The molecule has 120 valence electrons. The summed E-state index contributed by atoms with van der Waals surface area (Å²) in [6, 6.07) is 8.02. The van der Waals surface area contributed by atoms with Gasteiger partial charge in [0.1, 0.15) is 17.8 Å². The smallest absolute Gasteiger partial charge is 0.422 e. The van der Waals surface area contributed by atoms with Gasteiger partial charge < -0.3 is 9.47 Å². The van der Waals surface area contributed by atoms with Crippen LogP contribution in [0.2, 0.25) is 0 Å². The van der Waals surface area contributed by atoms with Crippen molar-refractivity contribution in [3.8, 4) is 0 Å². The number of carbonyl (C=O) groups is 2. The van der Waals surface area contributed by atoms with Crippen molar-refractivity contribution in [1.82, 2.24) is 0 Å². The number of rotatable bonds is 5. The molecule has 0 radical (unpaired) electrons. The number of esters is 2. The Morgan fingerprint density at radius 1 is 1.14 bits per heavy atom. The molecule has 22 heavy (non-hydrogen) atoms. The predicted molar refractivity (Wildman–Crippen MR) is 72.1 cm³/mol. The van der Waals surface area contributed by atoms with Crippen LogP contribution in [0, 0.1) is 0 Å². The SMILES string of the molecule is C=C(C(=O)OC(C)(C)COC(=O)c1ccccc1)C(F)(F)F. The zero-order valence-corrected chi connectivity index (χ0v) is 12.1. The monoisotopic (exact) mass is 316 g/mol. The summed E-state index contributed by atoms with van der Waals surface area (Å²) in [4.78, 5) is 23.0. The Labute approximate surface area is 125 Å². The van der Waals surface area contributed by atoms with Crippen LogP contribution in [0.1, 0.15) is 24.2 Å². The van der Waals surface area contributed by atoms with Crippen LogP contribution in [0.25, 0.3) is 0 Å². The molecule has 0 atom stereocenters. The quantitative estimate of drug-likeness (QED) is 0.618. The summed E-state index contributed by atoms with van der Waals surface area (Å²) >= 11 is 0. The lowest BCUT2D eigenvalue weighted by Crippen LogP contribution is -2.36. The van der Waals surface area contributed by atoms with E-state index in [4.69, 9.17) is 4.74 Å². The molecule has 0 saturated heterocycles. The lowest BCUT2D eigenvalue weighted by Gasteiger charge is -2.25. The van der Waals surface area contributed by atoms with Crippen LogP contribution in [-0.2, 0) is 14.3 Å². The zero-order valence-electron chi connectivity index (χ0n) is 12.1. The number of alkyl halides is 3. The number of benzene rings is 1. The number of hydrogen-bond donors (Lipinski definition) is 0. The van der Waals surface area contributed by atoms with E-state index < -0.39 is 35.9 Å². The van der Waals surface area contributed by atoms with Crippen LogP contribution in [0.15, 0.2) is 42.5 Å². The third-order valence-electron chi connectivity index (χ3n) is 2.52. The number of ether oxygens (including phenoxy) is 2. The Morgan fingerprint density at radius 3 is 2.18 bits per heavy atom. The van der Waals surface area contributed by atoms with E-state index in [1.807, 2.05) is 0 Å². The van der Waals surface area contributed by atoms with Gasteiger partial charge in [-0.05, 0) is 26.0 Å². The van der Waals surface area contributed by atoms with Crippen molar-refractivity contribution >= 4 is 11.9 Å². The minimum Gasteiger partial charge on any atom is -0.458 e. The molecule has 1 aromatic carbocycles. The molecule has 7 heteroatoms. The van der Waals surface area contributed by atoms with E-state index in [9.17, 15) is 22.8 Å². The molecule has 0 aliphatic rings. The molecule has 0 aromatic heterocycles. The van der Waals surface area contributed by atoms with Gasteiger partial charge in [0.25, 0.3) is 0 Å². The van der Waals surface area contributed by atoms with E-state index in [-0.39, 0.29) is 5.56 Å². The molecule has 0 fully saturated rings. The topological polar surface area (TPSA) is 52.6 Å². The van der Waals surface area contributed by atoms with Crippen LogP contribution in [0.4, 0.5) is 13.2 Å². The first kappa shape index (κ1) is 17.7. The summed E-state index contributed by atoms with van der Waals surface area (Å²) in [6.07, 6.45) is -4.87. The Bertz CT molecular complexity index is 562. The molecular formula is C15H15F3O4. The summed E-state index contributed by atoms with van der Waals surface area (Å²) in [5.74, 6) is -2.27. The molecule has 1 rings (SSSR count). The molecule has 0 N–H and O–H groups in total. The maximum absolute atomic E-state index is 12.3. The standard InChI is InChI=1S/C15H15F3O4/c1-10(15(16,17)18)12(19)22-14(2,3)9-21-13(20)11-7-5-4-6-8-11/h4-8H,1,9H2,2-3H3. The zero-order chi connectivity index (χ0) is 17.0. The second-order valence-electron chi connectivity index (χ2n) is 5.07. The van der Waals surface area contributed by atoms with Gasteiger partial charge in [-0.1, -0.05) is 24.8 Å². The van der Waals surface area contributed by atoms with E-state index >= 15 is 0 Å². The number of halogens is 3. The van der Waals surface area contributed by atoms with Gasteiger partial charge in [-0.3, -0.25) is 0 Å². The van der Waals surface area contributed by atoms with E-state index in [1.54, 1.807) is 18.2 Å². The van der Waals surface area contributed by atoms with Gasteiger partial charge in [-0.2, -0.15) is 13.2 Å². The summed E-state index contributed by atoms with van der Waals surface area (Å²) in [7, 11) is 0. The highest BCUT2D eigenvalue weighted by Gasteiger charge is 2.40. The molecule has 0 saturated carbocycles. The molecule has 0 spiro atoms. The number of carbonyl (C=O) groups excluding carboxylic acids is 2. The van der Waals surface area contributed by atoms with Crippen LogP contribution in [0.3, 0.4) is 0 Å². The highest BCUT2D eigenvalue weighted by Crippen LogP contribution is 2.26. The van der Waals surface area contributed by atoms with Crippen molar-refractivity contribution in [2.24, 2.45) is 0 Å². The first-order valence-electron chi connectivity index (χ1n) is 6.24. The van der Waals surface area contributed by atoms with Crippen LogP contribution in [-0.4, -0.2) is 30.3 Å². The van der Waals surface area contributed by atoms with Crippen molar-refractivity contribution in [2.45, 2.75) is 25.6 Å². The predicted octanol–water partition coefficient (Wildman–Crippen LogP) is 3.28.